The number of nitrogens with zero attached hydrogens (tertiary/aromatic N) is 2. The maximum atomic E-state index is 13.2. The predicted molar refractivity (Wildman–Crippen MR) is 123 cm³/mol. The first-order chi connectivity index (χ1) is 14.3. The summed E-state index contributed by atoms with van der Waals surface area (Å²) in [6.45, 7) is 13.5. The minimum Gasteiger partial charge on any atom is -0.389 e. The molecule has 0 atom stereocenters. The fourth-order valence-corrected chi connectivity index (χ4v) is 4.14. The summed E-state index contributed by atoms with van der Waals surface area (Å²) in [5, 5.41) is 23.0. The average Bonchev–Trinajstić information content (AvgIpc) is 3.10. The van der Waals surface area contributed by atoms with E-state index in [0.717, 1.165) is 28.0 Å². The lowest BCUT2D eigenvalue weighted by Gasteiger charge is -2.20. The van der Waals surface area contributed by atoms with Crippen LogP contribution in [0.15, 0.2) is 18.2 Å². The summed E-state index contributed by atoms with van der Waals surface area (Å²) in [6, 6.07) is 5.56. The number of aliphatic hydroxyl groups is 2. The van der Waals surface area contributed by atoms with Gasteiger partial charge in [-0.3, -0.25) is 9.59 Å². The predicted octanol–water partition coefficient (Wildman–Crippen LogP) is 3.33. The summed E-state index contributed by atoms with van der Waals surface area (Å²) in [4.78, 5) is 32.5. The zero-order chi connectivity index (χ0) is 23.6. The Morgan fingerprint density at radius 3 is 2.23 bits per heavy atom. The Labute approximate surface area is 188 Å². The average molecular weight is 448 g/mol. The van der Waals surface area contributed by atoms with Crippen molar-refractivity contribution >= 4 is 23.2 Å². The lowest BCUT2D eigenvalue weighted by molar-refractivity contribution is 0.0693. The van der Waals surface area contributed by atoms with Crippen LogP contribution in [0.5, 0.6) is 0 Å². The van der Waals surface area contributed by atoms with E-state index in [9.17, 15) is 19.8 Å². The molecule has 0 fully saturated rings. The van der Waals surface area contributed by atoms with E-state index < -0.39 is 17.1 Å². The number of hydrogen-bond donors (Lipinski definition) is 3. The molecule has 0 radical (unpaired) electrons. The molecule has 31 heavy (non-hydrogen) atoms. The quantitative estimate of drug-likeness (QED) is 0.576. The molecule has 1 aromatic carbocycles. The van der Waals surface area contributed by atoms with Gasteiger partial charge in [0.25, 0.3) is 11.8 Å². The summed E-state index contributed by atoms with van der Waals surface area (Å²) >= 11 is 1.15. The minimum atomic E-state index is -1.06. The third kappa shape index (κ3) is 6.12. The highest BCUT2D eigenvalue weighted by atomic mass is 32.1. The summed E-state index contributed by atoms with van der Waals surface area (Å²) in [5.74, 6) is -0.665. The van der Waals surface area contributed by atoms with Crippen molar-refractivity contribution in [1.82, 2.24) is 15.2 Å². The highest BCUT2D eigenvalue weighted by Gasteiger charge is 2.27. The molecule has 170 valence electrons. The van der Waals surface area contributed by atoms with Crippen molar-refractivity contribution in [3.05, 3.63) is 40.0 Å². The summed E-state index contributed by atoms with van der Waals surface area (Å²) < 4.78 is 0. The molecule has 0 aliphatic rings. The van der Waals surface area contributed by atoms with Crippen LogP contribution in [0.1, 0.15) is 73.0 Å². The second kappa shape index (κ2) is 9.46. The van der Waals surface area contributed by atoms with Gasteiger partial charge in [-0.1, -0.05) is 18.2 Å². The number of nitrogens with one attached hydrogen (secondary N) is 1. The van der Waals surface area contributed by atoms with Gasteiger partial charge >= 0.3 is 0 Å². The van der Waals surface area contributed by atoms with Crippen molar-refractivity contribution in [1.29, 1.82) is 0 Å². The number of aryl methyl sites for hydroxylation is 1. The van der Waals surface area contributed by atoms with Crippen LogP contribution in [-0.4, -0.2) is 57.1 Å². The molecule has 0 bridgehead atoms. The van der Waals surface area contributed by atoms with Gasteiger partial charge in [0.15, 0.2) is 5.01 Å². The van der Waals surface area contributed by atoms with E-state index in [0.29, 0.717) is 18.0 Å². The maximum absolute atomic E-state index is 13.2. The van der Waals surface area contributed by atoms with Gasteiger partial charge in [0, 0.05) is 19.6 Å². The molecule has 1 heterocycles. The van der Waals surface area contributed by atoms with Gasteiger partial charge in [0.05, 0.1) is 16.1 Å². The van der Waals surface area contributed by atoms with Crippen molar-refractivity contribution in [3.63, 3.8) is 0 Å². The molecular weight excluding hydrogens is 414 g/mol. The summed E-state index contributed by atoms with van der Waals surface area (Å²) in [6.07, 6.45) is 0. The van der Waals surface area contributed by atoms with Crippen LogP contribution in [0.3, 0.4) is 0 Å². The number of rotatable bonds is 8. The van der Waals surface area contributed by atoms with Gasteiger partial charge in [-0.25, -0.2) is 4.98 Å². The lowest BCUT2D eigenvalue weighted by Crippen LogP contribution is -2.38. The topological polar surface area (TPSA) is 103 Å². The van der Waals surface area contributed by atoms with Gasteiger partial charge in [-0.15, -0.1) is 11.3 Å². The van der Waals surface area contributed by atoms with E-state index in [1.807, 2.05) is 39.0 Å². The monoisotopic (exact) mass is 447 g/mol. The number of benzene rings is 1. The van der Waals surface area contributed by atoms with Crippen molar-refractivity contribution in [2.45, 2.75) is 59.7 Å². The van der Waals surface area contributed by atoms with Crippen LogP contribution >= 0.6 is 11.3 Å². The SMILES string of the molecule is CCN(CC)C(=O)c1nc(C(=O)NCC(C)(C)O)sc1-c1ccc(C(C)(C)O)cc1C. The van der Waals surface area contributed by atoms with Crippen LogP contribution in [0.25, 0.3) is 10.4 Å². The summed E-state index contributed by atoms with van der Waals surface area (Å²) in [5.41, 5.74) is 0.625. The van der Waals surface area contributed by atoms with Gasteiger partial charge in [-0.2, -0.15) is 0 Å². The van der Waals surface area contributed by atoms with Crippen molar-refractivity contribution in [3.8, 4) is 10.4 Å². The molecule has 3 N–H and O–H groups in total. The molecular formula is C23H33N3O4S. The Bertz CT molecular complexity index is 951. The zero-order valence-electron chi connectivity index (χ0n) is 19.4. The van der Waals surface area contributed by atoms with E-state index in [2.05, 4.69) is 10.3 Å². The van der Waals surface area contributed by atoms with Crippen LogP contribution in [0, 0.1) is 6.92 Å². The molecule has 0 saturated heterocycles. The van der Waals surface area contributed by atoms with Gasteiger partial charge < -0.3 is 20.4 Å². The number of thiazole rings is 1. The van der Waals surface area contributed by atoms with Crippen LogP contribution in [0.4, 0.5) is 0 Å². The maximum Gasteiger partial charge on any atom is 0.280 e. The summed E-state index contributed by atoms with van der Waals surface area (Å²) in [7, 11) is 0. The molecule has 7 nitrogen and oxygen atoms in total. The minimum absolute atomic E-state index is 0.0688. The molecule has 2 rings (SSSR count). The van der Waals surface area contributed by atoms with Gasteiger partial charge in [-0.05, 0) is 65.2 Å². The number of amides is 2. The van der Waals surface area contributed by atoms with Crippen LogP contribution in [-0.2, 0) is 5.60 Å². The third-order valence-corrected chi connectivity index (χ3v) is 6.02. The van der Waals surface area contributed by atoms with E-state index >= 15 is 0 Å². The Balaban J connectivity index is 2.55. The standard InChI is InChI=1S/C23H33N3O4S/c1-8-26(9-2)21(28)17-18(16-11-10-15(12-14(16)3)23(6,7)30)31-20(25-17)19(27)24-13-22(4,5)29/h10-12,29-30H,8-9,13H2,1-7H3,(H,24,27). The highest BCUT2D eigenvalue weighted by molar-refractivity contribution is 7.17. The molecule has 0 unspecified atom stereocenters. The second-order valence-electron chi connectivity index (χ2n) is 8.76. The number of aromatic nitrogens is 1. The molecule has 8 heteroatoms. The van der Waals surface area contributed by atoms with E-state index in [-0.39, 0.29) is 23.2 Å². The zero-order valence-corrected chi connectivity index (χ0v) is 20.2. The Kier molecular flexibility index (Phi) is 7.62. The van der Waals surface area contributed by atoms with Crippen LogP contribution < -0.4 is 5.32 Å². The lowest BCUT2D eigenvalue weighted by atomic mass is 9.94. The molecule has 0 spiro atoms. The fraction of sp³-hybridized carbons (Fsp3) is 0.522. The Hall–Kier alpha value is -2.29. The molecule has 2 aromatic rings. The normalized spacial score (nSPS) is 12.0. The third-order valence-electron chi connectivity index (χ3n) is 4.93. The number of carbonyl (C=O) groups is 2. The van der Waals surface area contributed by atoms with Crippen molar-refractivity contribution < 1.29 is 19.8 Å². The fourth-order valence-electron chi connectivity index (χ4n) is 3.08. The Morgan fingerprint density at radius 2 is 1.74 bits per heavy atom. The number of hydrogen-bond acceptors (Lipinski definition) is 6. The molecule has 0 saturated carbocycles. The first kappa shape index (κ1) is 25.0. The van der Waals surface area contributed by atoms with Gasteiger partial charge in [0.2, 0.25) is 0 Å². The van der Waals surface area contributed by atoms with Gasteiger partial charge in [0.1, 0.15) is 5.69 Å². The van der Waals surface area contributed by atoms with E-state index in [4.69, 9.17) is 0 Å². The largest absolute Gasteiger partial charge is 0.389 e. The highest BCUT2D eigenvalue weighted by Crippen LogP contribution is 2.35. The molecule has 1 aromatic heterocycles. The first-order valence-corrected chi connectivity index (χ1v) is 11.2. The van der Waals surface area contributed by atoms with Crippen molar-refractivity contribution in [2.24, 2.45) is 0 Å². The first-order valence-electron chi connectivity index (χ1n) is 10.4. The smallest absolute Gasteiger partial charge is 0.280 e. The molecule has 0 aliphatic heterocycles. The van der Waals surface area contributed by atoms with Crippen molar-refractivity contribution in [2.75, 3.05) is 19.6 Å². The second-order valence-corrected chi connectivity index (χ2v) is 9.76. The molecule has 0 aliphatic carbocycles. The van der Waals surface area contributed by atoms with E-state index in [1.54, 1.807) is 32.6 Å². The molecule has 2 amide bonds. The number of carbonyl (C=O) groups excluding carboxylic acids is 2. The Morgan fingerprint density at radius 1 is 1.13 bits per heavy atom. The van der Waals surface area contributed by atoms with E-state index in [1.165, 1.54) is 0 Å². The van der Waals surface area contributed by atoms with Crippen LogP contribution in [0.2, 0.25) is 0 Å².